The third kappa shape index (κ3) is 3.23. The summed E-state index contributed by atoms with van der Waals surface area (Å²) in [5, 5.41) is 0.0494. The van der Waals surface area contributed by atoms with Gasteiger partial charge in [-0.15, -0.1) is 0 Å². The minimum absolute atomic E-state index is 0.0494. The van der Waals surface area contributed by atoms with Gasteiger partial charge in [0.25, 0.3) is 5.56 Å². The molecule has 10 heteroatoms. The Balaban J connectivity index is 1.77. The standard InChI is InChI=1S/C19H20N4O5S/c1-22-17-15(18(24)21-19(22)25)10-14(11-20-17)29(26,27)23-9-3-4-16(23)12-5-7-13(28-2)8-6-12/h5-8,10-11,16H,3-4,9H2,1-2H3,(H,21,24,25)/t16-/m1/s1. The predicted molar refractivity (Wildman–Crippen MR) is 106 cm³/mol. The topological polar surface area (TPSA) is 114 Å². The van der Waals surface area contributed by atoms with Gasteiger partial charge < -0.3 is 4.74 Å². The monoisotopic (exact) mass is 416 g/mol. The average molecular weight is 416 g/mol. The zero-order chi connectivity index (χ0) is 20.8. The lowest BCUT2D eigenvalue weighted by atomic mass is 10.1. The van der Waals surface area contributed by atoms with Crippen molar-refractivity contribution in [1.82, 2.24) is 18.8 Å². The molecule has 1 fully saturated rings. The molecule has 0 amide bonds. The van der Waals surface area contributed by atoms with Crippen LogP contribution in [0.1, 0.15) is 24.4 Å². The van der Waals surface area contributed by atoms with Gasteiger partial charge in [-0.3, -0.25) is 14.3 Å². The summed E-state index contributed by atoms with van der Waals surface area (Å²) < 4.78 is 34.4. The van der Waals surface area contributed by atoms with E-state index in [2.05, 4.69) is 9.97 Å². The SMILES string of the molecule is COc1ccc([C@H]2CCCN2S(=O)(=O)c2cnc3c(c2)c(=O)[nH]c(=O)n3C)cc1. The molecule has 2 aromatic heterocycles. The highest BCUT2D eigenvalue weighted by atomic mass is 32.2. The van der Waals surface area contributed by atoms with Crippen molar-refractivity contribution in [3.8, 4) is 5.75 Å². The van der Waals surface area contributed by atoms with Gasteiger partial charge in [-0.1, -0.05) is 12.1 Å². The molecule has 1 aliphatic heterocycles. The summed E-state index contributed by atoms with van der Waals surface area (Å²) in [6, 6.07) is 8.29. The van der Waals surface area contributed by atoms with Crippen molar-refractivity contribution in [2.75, 3.05) is 13.7 Å². The number of nitrogens with zero attached hydrogens (tertiary/aromatic N) is 3. The van der Waals surface area contributed by atoms with E-state index in [0.29, 0.717) is 18.7 Å². The number of nitrogens with one attached hydrogen (secondary N) is 1. The molecule has 0 spiro atoms. The van der Waals surface area contributed by atoms with Crippen LogP contribution in [0, 0.1) is 0 Å². The molecule has 29 heavy (non-hydrogen) atoms. The zero-order valence-corrected chi connectivity index (χ0v) is 16.8. The Bertz CT molecular complexity index is 1290. The Morgan fingerprint density at radius 1 is 1.21 bits per heavy atom. The number of aromatic nitrogens is 3. The molecule has 0 aliphatic carbocycles. The van der Waals surface area contributed by atoms with Crippen molar-refractivity contribution in [3.05, 3.63) is 62.9 Å². The Labute approximate surface area is 166 Å². The molecule has 0 unspecified atom stereocenters. The van der Waals surface area contributed by atoms with Gasteiger partial charge in [0.05, 0.1) is 18.5 Å². The first-order valence-electron chi connectivity index (χ1n) is 9.08. The van der Waals surface area contributed by atoms with Crippen molar-refractivity contribution in [1.29, 1.82) is 0 Å². The Morgan fingerprint density at radius 3 is 2.62 bits per heavy atom. The molecular weight excluding hydrogens is 396 g/mol. The third-order valence-electron chi connectivity index (χ3n) is 5.24. The fourth-order valence-corrected chi connectivity index (χ4v) is 5.34. The molecular formula is C19H20N4O5S. The number of hydrogen-bond acceptors (Lipinski definition) is 6. The normalized spacial score (nSPS) is 17.7. The maximum absolute atomic E-state index is 13.3. The minimum Gasteiger partial charge on any atom is -0.497 e. The quantitative estimate of drug-likeness (QED) is 0.683. The largest absolute Gasteiger partial charge is 0.497 e. The van der Waals surface area contributed by atoms with Crippen LogP contribution in [0.5, 0.6) is 5.75 Å². The summed E-state index contributed by atoms with van der Waals surface area (Å²) in [6.07, 6.45) is 2.62. The predicted octanol–water partition coefficient (Wildman–Crippen LogP) is 1.16. The van der Waals surface area contributed by atoms with Gasteiger partial charge in [0.2, 0.25) is 10.0 Å². The van der Waals surface area contributed by atoms with Gasteiger partial charge in [0, 0.05) is 19.8 Å². The molecule has 0 bridgehead atoms. The van der Waals surface area contributed by atoms with E-state index in [1.54, 1.807) is 19.2 Å². The fraction of sp³-hybridized carbons (Fsp3) is 0.316. The summed E-state index contributed by atoms with van der Waals surface area (Å²) in [4.78, 5) is 30.1. The first kappa shape index (κ1) is 19.3. The van der Waals surface area contributed by atoms with Crippen LogP contribution in [-0.4, -0.2) is 40.9 Å². The number of methoxy groups -OCH3 is 1. The van der Waals surface area contributed by atoms with Crippen LogP contribution in [-0.2, 0) is 17.1 Å². The number of aryl methyl sites for hydroxylation is 1. The number of sulfonamides is 1. The second kappa shape index (κ2) is 7.12. The number of hydrogen-bond donors (Lipinski definition) is 1. The molecule has 0 radical (unpaired) electrons. The van der Waals surface area contributed by atoms with Crippen molar-refractivity contribution >= 4 is 21.1 Å². The molecule has 3 aromatic rings. The molecule has 3 heterocycles. The Kier molecular flexibility index (Phi) is 4.75. The number of aromatic amines is 1. The maximum atomic E-state index is 13.3. The van der Waals surface area contributed by atoms with Gasteiger partial charge in [-0.2, -0.15) is 4.31 Å². The van der Waals surface area contributed by atoms with Crippen molar-refractivity contribution in [3.63, 3.8) is 0 Å². The molecule has 1 N–H and O–H groups in total. The van der Waals surface area contributed by atoms with Crippen LogP contribution in [0.3, 0.4) is 0 Å². The molecule has 1 aromatic carbocycles. The van der Waals surface area contributed by atoms with E-state index in [4.69, 9.17) is 4.74 Å². The number of rotatable bonds is 4. The van der Waals surface area contributed by atoms with Crippen LogP contribution in [0.2, 0.25) is 0 Å². The van der Waals surface area contributed by atoms with Gasteiger partial charge in [0.1, 0.15) is 16.3 Å². The van der Waals surface area contributed by atoms with Crippen LogP contribution in [0.4, 0.5) is 0 Å². The number of fused-ring (bicyclic) bond motifs is 1. The lowest BCUT2D eigenvalue weighted by Gasteiger charge is -2.24. The summed E-state index contributed by atoms with van der Waals surface area (Å²) in [7, 11) is -0.848. The first-order valence-corrected chi connectivity index (χ1v) is 10.5. The van der Waals surface area contributed by atoms with E-state index in [1.165, 1.54) is 28.2 Å². The van der Waals surface area contributed by atoms with Crippen LogP contribution in [0.15, 0.2) is 51.0 Å². The summed E-state index contributed by atoms with van der Waals surface area (Å²) in [6.45, 7) is 0.376. The van der Waals surface area contributed by atoms with E-state index < -0.39 is 21.3 Å². The summed E-state index contributed by atoms with van der Waals surface area (Å²) in [5.74, 6) is 0.699. The summed E-state index contributed by atoms with van der Waals surface area (Å²) in [5.41, 5.74) is -0.266. The highest BCUT2D eigenvalue weighted by Gasteiger charge is 2.36. The summed E-state index contributed by atoms with van der Waals surface area (Å²) >= 11 is 0. The Morgan fingerprint density at radius 2 is 1.93 bits per heavy atom. The van der Waals surface area contributed by atoms with Crippen molar-refractivity contribution < 1.29 is 13.2 Å². The number of ether oxygens (including phenoxy) is 1. The van der Waals surface area contributed by atoms with Gasteiger partial charge in [0.15, 0.2) is 0 Å². The lowest BCUT2D eigenvalue weighted by Crippen LogP contribution is -2.32. The molecule has 1 atom stereocenters. The lowest BCUT2D eigenvalue weighted by molar-refractivity contribution is 0.394. The second-order valence-electron chi connectivity index (χ2n) is 6.91. The number of pyridine rings is 1. The van der Waals surface area contributed by atoms with E-state index >= 15 is 0 Å². The third-order valence-corrected chi connectivity index (χ3v) is 7.11. The second-order valence-corrected chi connectivity index (χ2v) is 8.80. The van der Waals surface area contributed by atoms with E-state index in [-0.39, 0.29) is 22.0 Å². The fourth-order valence-electron chi connectivity index (χ4n) is 3.68. The minimum atomic E-state index is -3.88. The molecule has 1 saturated heterocycles. The van der Waals surface area contributed by atoms with E-state index in [9.17, 15) is 18.0 Å². The zero-order valence-electron chi connectivity index (χ0n) is 16.0. The van der Waals surface area contributed by atoms with Crippen molar-refractivity contribution in [2.24, 2.45) is 7.05 Å². The van der Waals surface area contributed by atoms with Crippen LogP contribution >= 0.6 is 0 Å². The molecule has 9 nitrogen and oxygen atoms in total. The maximum Gasteiger partial charge on any atom is 0.329 e. The van der Waals surface area contributed by atoms with Crippen LogP contribution < -0.4 is 16.0 Å². The highest BCUT2D eigenvalue weighted by molar-refractivity contribution is 7.89. The van der Waals surface area contributed by atoms with E-state index in [1.807, 2.05) is 12.1 Å². The molecule has 1 aliphatic rings. The van der Waals surface area contributed by atoms with Gasteiger partial charge >= 0.3 is 5.69 Å². The molecule has 152 valence electrons. The highest BCUT2D eigenvalue weighted by Crippen LogP contribution is 2.37. The van der Waals surface area contributed by atoms with Gasteiger partial charge in [-0.25, -0.2) is 18.2 Å². The number of H-pyrrole nitrogens is 1. The Hall–Kier alpha value is -2.98. The van der Waals surface area contributed by atoms with Crippen LogP contribution in [0.25, 0.3) is 11.0 Å². The average Bonchev–Trinajstić information content (AvgIpc) is 3.22. The van der Waals surface area contributed by atoms with Crippen molar-refractivity contribution in [2.45, 2.75) is 23.8 Å². The molecule has 4 rings (SSSR count). The first-order chi connectivity index (χ1) is 13.8. The number of benzene rings is 1. The molecule has 0 saturated carbocycles. The van der Waals surface area contributed by atoms with E-state index in [0.717, 1.165) is 12.0 Å². The smallest absolute Gasteiger partial charge is 0.329 e. The van der Waals surface area contributed by atoms with Gasteiger partial charge in [-0.05, 0) is 36.6 Å².